The Bertz CT molecular complexity index is 708. The van der Waals surface area contributed by atoms with Crippen molar-refractivity contribution in [2.24, 2.45) is 11.7 Å². The topological polar surface area (TPSA) is 72.4 Å². The highest BCUT2D eigenvalue weighted by Crippen LogP contribution is 2.52. The second-order valence-corrected chi connectivity index (χ2v) is 6.06. The Kier molecular flexibility index (Phi) is 2.27. The minimum atomic E-state index is -0.461. The standard InChI is InChI=1S/C15H17N3O2/c1-18-8-9-5-6-15(18,7-9)14-17-12-10(13(16)19)3-2-4-11(12)20-14/h2-4,9H,5-8H2,1H3,(H2,16,19)/t9-,15-/m0/s1. The molecule has 2 N–H and O–H groups in total. The molecule has 1 aromatic carbocycles. The highest BCUT2D eigenvalue weighted by molar-refractivity contribution is 6.03. The van der Waals surface area contributed by atoms with Crippen LogP contribution >= 0.6 is 0 Å². The highest BCUT2D eigenvalue weighted by atomic mass is 16.4. The Morgan fingerprint density at radius 3 is 3.05 bits per heavy atom. The maximum atomic E-state index is 11.5. The zero-order chi connectivity index (χ0) is 13.9. The van der Waals surface area contributed by atoms with E-state index < -0.39 is 5.91 Å². The van der Waals surface area contributed by atoms with Gasteiger partial charge in [0, 0.05) is 6.54 Å². The molecule has 2 heterocycles. The smallest absolute Gasteiger partial charge is 0.251 e. The molecule has 104 valence electrons. The van der Waals surface area contributed by atoms with Crippen molar-refractivity contribution < 1.29 is 9.21 Å². The molecule has 0 spiro atoms. The van der Waals surface area contributed by atoms with Gasteiger partial charge in [-0.1, -0.05) is 6.07 Å². The van der Waals surface area contributed by atoms with Gasteiger partial charge in [0.1, 0.15) is 5.52 Å². The van der Waals surface area contributed by atoms with Gasteiger partial charge in [0.2, 0.25) is 5.89 Å². The van der Waals surface area contributed by atoms with Gasteiger partial charge in [-0.15, -0.1) is 0 Å². The van der Waals surface area contributed by atoms with E-state index in [2.05, 4.69) is 16.9 Å². The Morgan fingerprint density at radius 1 is 1.55 bits per heavy atom. The molecule has 2 aliphatic rings. The lowest BCUT2D eigenvalue weighted by atomic mass is 9.97. The fourth-order valence-corrected chi connectivity index (χ4v) is 3.89. The number of fused-ring (bicyclic) bond motifs is 3. The van der Waals surface area contributed by atoms with Gasteiger partial charge in [-0.05, 0) is 44.4 Å². The summed E-state index contributed by atoms with van der Waals surface area (Å²) < 4.78 is 5.97. The van der Waals surface area contributed by atoms with Crippen molar-refractivity contribution >= 4 is 17.0 Å². The number of nitrogens with zero attached hydrogens (tertiary/aromatic N) is 2. The molecular formula is C15H17N3O2. The van der Waals surface area contributed by atoms with Crippen LogP contribution < -0.4 is 5.73 Å². The zero-order valence-corrected chi connectivity index (χ0v) is 11.4. The molecule has 0 unspecified atom stereocenters. The Balaban J connectivity index is 1.90. The molecule has 2 aromatic rings. The van der Waals surface area contributed by atoms with Gasteiger partial charge in [-0.2, -0.15) is 0 Å². The van der Waals surface area contributed by atoms with Crippen LogP contribution in [0.15, 0.2) is 22.6 Å². The van der Waals surface area contributed by atoms with Crippen molar-refractivity contribution in [3.05, 3.63) is 29.7 Å². The van der Waals surface area contributed by atoms with E-state index in [1.54, 1.807) is 12.1 Å². The summed E-state index contributed by atoms with van der Waals surface area (Å²) >= 11 is 0. The van der Waals surface area contributed by atoms with Crippen LogP contribution in [0.5, 0.6) is 0 Å². The monoisotopic (exact) mass is 271 g/mol. The van der Waals surface area contributed by atoms with Crippen LogP contribution in [0.25, 0.3) is 11.1 Å². The summed E-state index contributed by atoms with van der Waals surface area (Å²) in [5.74, 6) is 1.02. The molecule has 20 heavy (non-hydrogen) atoms. The van der Waals surface area contributed by atoms with E-state index in [4.69, 9.17) is 10.2 Å². The van der Waals surface area contributed by atoms with Crippen LogP contribution in [0.2, 0.25) is 0 Å². The van der Waals surface area contributed by atoms with Gasteiger partial charge < -0.3 is 10.2 Å². The number of nitrogens with two attached hydrogens (primary N) is 1. The molecule has 1 saturated carbocycles. The lowest BCUT2D eigenvalue weighted by molar-refractivity contribution is 0.100. The largest absolute Gasteiger partial charge is 0.439 e. The van der Waals surface area contributed by atoms with Gasteiger partial charge in [-0.3, -0.25) is 9.69 Å². The SMILES string of the molecule is CN1C[C@H]2CC[C@@]1(c1nc3c(C(N)=O)cccc3o1)C2. The number of carbonyl (C=O) groups is 1. The molecule has 1 aromatic heterocycles. The maximum Gasteiger partial charge on any atom is 0.251 e. The van der Waals surface area contributed by atoms with E-state index in [0.717, 1.165) is 31.2 Å². The van der Waals surface area contributed by atoms with E-state index >= 15 is 0 Å². The third-order valence-corrected chi connectivity index (χ3v) is 4.94. The van der Waals surface area contributed by atoms with Gasteiger partial charge in [0.15, 0.2) is 5.58 Å². The molecule has 5 heteroatoms. The van der Waals surface area contributed by atoms with Gasteiger partial charge in [0.25, 0.3) is 5.91 Å². The molecule has 0 radical (unpaired) electrons. The van der Waals surface area contributed by atoms with E-state index in [0.29, 0.717) is 16.7 Å². The number of rotatable bonds is 2. The summed E-state index contributed by atoms with van der Waals surface area (Å²) in [6.45, 7) is 1.10. The second-order valence-electron chi connectivity index (χ2n) is 6.06. The first kappa shape index (κ1) is 11.9. The highest BCUT2D eigenvalue weighted by Gasteiger charge is 2.53. The summed E-state index contributed by atoms with van der Waals surface area (Å²) in [5.41, 5.74) is 7.00. The number of hydrogen-bond acceptors (Lipinski definition) is 4. The van der Waals surface area contributed by atoms with Gasteiger partial charge in [-0.25, -0.2) is 4.98 Å². The van der Waals surface area contributed by atoms with Crippen LogP contribution in [-0.2, 0) is 5.54 Å². The van der Waals surface area contributed by atoms with Crippen molar-refractivity contribution in [1.82, 2.24) is 9.88 Å². The minimum Gasteiger partial charge on any atom is -0.439 e. The van der Waals surface area contributed by atoms with E-state index in [1.165, 1.54) is 6.42 Å². The zero-order valence-electron chi connectivity index (χ0n) is 11.4. The van der Waals surface area contributed by atoms with E-state index in [9.17, 15) is 4.79 Å². The molecule has 1 aliphatic carbocycles. The molecule has 1 saturated heterocycles. The average Bonchev–Trinajstić information content (AvgIpc) is 3.08. The third kappa shape index (κ3) is 1.41. The molecule has 4 rings (SSSR count). The third-order valence-electron chi connectivity index (χ3n) is 4.94. The fourth-order valence-electron chi connectivity index (χ4n) is 3.89. The van der Waals surface area contributed by atoms with Crippen molar-refractivity contribution in [1.29, 1.82) is 0 Å². The molecule has 5 nitrogen and oxygen atoms in total. The van der Waals surface area contributed by atoms with Gasteiger partial charge in [0.05, 0.1) is 11.1 Å². The number of primary amides is 1. The second kappa shape index (κ2) is 3.82. The first-order chi connectivity index (χ1) is 9.60. The van der Waals surface area contributed by atoms with Crippen molar-refractivity contribution in [2.75, 3.05) is 13.6 Å². The predicted molar refractivity (Wildman–Crippen MR) is 74.2 cm³/mol. The number of likely N-dealkylation sites (tertiary alicyclic amines) is 1. The van der Waals surface area contributed by atoms with E-state index in [1.807, 2.05) is 6.07 Å². The quantitative estimate of drug-likeness (QED) is 0.905. The number of aromatic nitrogens is 1. The minimum absolute atomic E-state index is 0.0847. The number of hydrogen-bond donors (Lipinski definition) is 1. The number of amides is 1. The maximum absolute atomic E-state index is 11.5. The van der Waals surface area contributed by atoms with Crippen LogP contribution in [0.3, 0.4) is 0 Å². The molecule has 1 amide bonds. The summed E-state index contributed by atoms with van der Waals surface area (Å²) in [6, 6.07) is 5.33. The first-order valence-corrected chi connectivity index (χ1v) is 7.01. The molecule has 2 bridgehead atoms. The lowest BCUT2D eigenvalue weighted by Gasteiger charge is -2.32. The Morgan fingerprint density at radius 2 is 2.40 bits per heavy atom. The van der Waals surface area contributed by atoms with Crippen molar-refractivity contribution in [2.45, 2.75) is 24.8 Å². The van der Waals surface area contributed by atoms with Crippen LogP contribution in [-0.4, -0.2) is 29.4 Å². The Hall–Kier alpha value is -1.88. The van der Waals surface area contributed by atoms with Crippen LogP contribution in [0.4, 0.5) is 0 Å². The number of para-hydroxylation sites is 1. The van der Waals surface area contributed by atoms with Crippen LogP contribution in [0, 0.1) is 5.92 Å². The predicted octanol–water partition coefficient (Wildman–Crippen LogP) is 1.87. The molecule has 2 fully saturated rings. The molecule has 2 atom stereocenters. The number of benzene rings is 1. The van der Waals surface area contributed by atoms with Crippen molar-refractivity contribution in [3.8, 4) is 0 Å². The summed E-state index contributed by atoms with van der Waals surface area (Å²) in [5, 5.41) is 0. The molecular weight excluding hydrogens is 254 g/mol. The van der Waals surface area contributed by atoms with Gasteiger partial charge >= 0.3 is 0 Å². The average molecular weight is 271 g/mol. The lowest BCUT2D eigenvalue weighted by Crippen LogP contribution is -2.39. The molecule has 1 aliphatic heterocycles. The summed E-state index contributed by atoms with van der Waals surface area (Å²) in [4.78, 5) is 18.5. The first-order valence-electron chi connectivity index (χ1n) is 7.01. The summed E-state index contributed by atoms with van der Waals surface area (Å²) in [6.07, 6.45) is 3.40. The normalized spacial score (nSPS) is 29.4. The summed E-state index contributed by atoms with van der Waals surface area (Å²) in [7, 11) is 2.13. The Labute approximate surface area is 116 Å². The fraction of sp³-hybridized carbons (Fsp3) is 0.467. The number of carbonyl (C=O) groups excluding carboxylic acids is 1. The van der Waals surface area contributed by atoms with Crippen molar-refractivity contribution in [3.63, 3.8) is 0 Å². The van der Waals surface area contributed by atoms with Crippen LogP contribution in [0.1, 0.15) is 35.5 Å². The van der Waals surface area contributed by atoms with E-state index in [-0.39, 0.29) is 5.54 Å². The number of oxazole rings is 1. The number of piperidine rings is 1.